The summed E-state index contributed by atoms with van der Waals surface area (Å²) in [7, 11) is 0. The number of imidazole rings is 1. The van der Waals surface area contributed by atoms with Crippen molar-refractivity contribution in [3.8, 4) is 0 Å². The summed E-state index contributed by atoms with van der Waals surface area (Å²) in [6.07, 6.45) is 6.72. The van der Waals surface area contributed by atoms with Crippen molar-refractivity contribution in [3.63, 3.8) is 0 Å². The lowest BCUT2D eigenvalue weighted by molar-refractivity contribution is 0.141. The molecule has 0 aliphatic carbocycles. The molecule has 2 N–H and O–H groups in total. The van der Waals surface area contributed by atoms with Crippen LogP contribution in [0, 0.1) is 0 Å². The SMILES string of the molecule is CCCNc1cn2ccnc2c(NC(C)COCC)n1. The van der Waals surface area contributed by atoms with Crippen LogP contribution in [0.2, 0.25) is 0 Å². The van der Waals surface area contributed by atoms with Crippen molar-refractivity contribution in [1.29, 1.82) is 0 Å². The second kappa shape index (κ2) is 7.09. The summed E-state index contributed by atoms with van der Waals surface area (Å²) in [4.78, 5) is 8.94. The predicted molar refractivity (Wildman–Crippen MR) is 81.3 cm³/mol. The zero-order valence-electron chi connectivity index (χ0n) is 12.4. The van der Waals surface area contributed by atoms with Gasteiger partial charge < -0.3 is 19.8 Å². The Balaban J connectivity index is 2.18. The molecule has 1 atom stereocenters. The minimum Gasteiger partial charge on any atom is -0.380 e. The topological polar surface area (TPSA) is 63.5 Å². The van der Waals surface area contributed by atoms with Crippen molar-refractivity contribution in [3.05, 3.63) is 18.6 Å². The lowest BCUT2D eigenvalue weighted by atomic mass is 10.3. The first-order valence-corrected chi connectivity index (χ1v) is 7.16. The van der Waals surface area contributed by atoms with Crippen molar-refractivity contribution in [2.24, 2.45) is 0 Å². The highest BCUT2D eigenvalue weighted by Gasteiger charge is 2.10. The smallest absolute Gasteiger partial charge is 0.180 e. The zero-order valence-corrected chi connectivity index (χ0v) is 12.4. The largest absolute Gasteiger partial charge is 0.380 e. The molecule has 0 bridgehead atoms. The van der Waals surface area contributed by atoms with Crippen LogP contribution in [-0.2, 0) is 4.74 Å². The summed E-state index contributed by atoms with van der Waals surface area (Å²) in [5, 5.41) is 6.67. The molecule has 2 rings (SSSR count). The number of aromatic nitrogens is 3. The van der Waals surface area contributed by atoms with E-state index in [-0.39, 0.29) is 6.04 Å². The minimum atomic E-state index is 0.185. The van der Waals surface area contributed by atoms with Gasteiger partial charge >= 0.3 is 0 Å². The van der Waals surface area contributed by atoms with Crippen LogP contribution < -0.4 is 10.6 Å². The van der Waals surface area contributed by atoms with E-state index in [0.29, 0.717) is 6.61 Å². The average molecular weight is 277 g/mol. The molecule has 0 saturated carbocycles. The molecule has 0 aromatic carbocycles. The maximum absolute atomic E-state index is 5.42. The lowest BCUT2D eigenvalue weighted by Gasteiger charge is -2.16. The molecule has 0 amide bonds. The maximum atomic E-state index is 5.42. The Bertz CT molecular complexity index is 539. The summed E-state index contributed by atoms with van der Waals surface area (Å²) in [6, 6.07) is 0.185. The molecule has 0 fully saturated rings. The summed E-state index contributed by atoms with van der Waals surface area (Å²) in [6.45, 7) is 8.47. The van der Waals surface area contributed by atoms with Gasteiger partial charge in [-0.15, -0.1) is 0 Å². The predicted octanol–water partition coefficient (Wildman–Crippen LogP) is 2.39. The van der Waals surface area contributed by atoms with Gasteiger partial charge in [-0.1, -0.05) is 6.92 Å². The first kappa shape index (κ1) is 14.6. The van der Waals surface area contributed by atoms with E-state index in [0.717, 1.165) is 36.9 Å². The highest BCUT2D eigenvalue weighted by molar-refractivity contribution is 5.65. The normalized spacial score (nSPS) is 12.6. The van der Waals surface area contributed by atoms with Crippen molar-refractivity contribution >= 4 is 17.3 Å². The summed E-state index contributed by atoms with van der Waals surface area (Å²) in [5.41, 5.74) is 0.829. The van der Waals surface area contributed by atoms with Gasteiger partial charge in [0.1, 0.15) is 5.82 Å². The van der Waals surface area contributed by atoms with Gasteiger partial charge in [-0.05, 0) is 20.3 Å². The van der Waals surface area contributed by atoms with Crippen molar-refractivity contribution < 1.29 is 4.74 Å². The van der Waals surface area contributed by atoms with Gasteiger partial charge in [0.2, 0.25) is 0 Å². The Labute approximate surface area is 119 Å². The Hall–Kier alpha value is -1.82. The van der Waals surface area contributed by atoms with Crippen LogP contribution in [0.1, 0.15) is 27.2 Å². The van der Waals surface area contributed by atoms with Gasteiger partial charge in [-0.25, -0.2) is 9.97 Å². The quantitative estimate of drug-likeness (QED) is 0.775. The van der Waals surface area contributed by atoms with Crippen LogP contribution in [-0.4, -0.2) is 40.2 Å². The Morgan fingerprint density at radius 2 is 2.25 bits per heavy atom. The second-order valence-corrected chi connectivity index (χ2v) is 4.76. The summed E-state index contributed by atoms with van der Waals surface area (Å²) < 4.78 is 7.40. The number of ether oxygens (including phenoxy) is 1. The van der Waals surface area contributed by atoms with E-state index in [1.54, 1.807) is 6.20 Å². The van der Waals surface area contributed by atoms with Crippen molar-refractivity contribution in [2.75, 3.05) is 30.4 Å². The van der Waals surface area contributed by atoms with Crippen LogP contribution >= 0.6 is 0 Å². The molecular weight excluding hydrogens is 254 g/mol. The molecule has 20 heavy (non-hydrogen) atoms. The Kier molecular flexibility index (Phi) is 5.17. The molecule has 6 nitrogen and oxygen atoms in total. The molecule has 6 heteroatoms. The molecule has 0 spiro atoms. The van der Waals surface area contributed by atoms with E-state index in [2.05, 4.69) is 34.4 Å². The molecule has 2 aromatic rings. The van der Waals surface area contributed by atoms with Crippen LogP contribution in [0.25, 0.3) is 5.65 Å². The monoisotopic (exact) mass is 277 g/mol. The number of fused-ring (bicyclic) bond motifs is 1. The van der Waals surface area contributed by atoms with Crippen molar-refractivity contribution in [2.45, 2.75) is 33.2 Å². The third-order valence-corrected chi connectivity index (χ3v) is 2.89. The highest BCUT2D eigenvalue weighted by atomic mass is 16.5. The number of hydrogen-bond donors (Lipinski definition) is 2. The van der Waals surface area contributed by atoms with E-state index < -0.39 is 0 Å². The lowest BCUT2D eigenvalue weighted by Crippen LogP contribution is -2.23. The molecule has 2 aromatic heterocycles. The van der Waals surface area contributed by atoms with E-state index in [1.165, 1.54) is 0 Å². The Morgan fingerprint density at radius 1 is 1.40 bits per heavy atom. The number of nitrogens with zero attached hydrogens (tertiary/aromatic N) is 3. The van der Waals surface area contributed by atoms with E-state index in [9.17, 15) is 0 Å². The average Bonchev–Trinajstić information content (AvgIpc) is 2.91. The minimum absolute atomic E-state index is 0.185. The van der Waals surface area contributed by atoms with Crippen LogP contribution in [0.5, 0.6) is 0 Å². The molecule has 2 heterocycles. The number of rotatable bonds is 8. The van der Waals surface area contributed by atoms with Crippen LogP contribution in [0.3, 0.4) is 0 Å². The molecule has 0 saturated heterocycles. The second-order valence-electron chi connectivity index (χ2n) is 4.76. The fraction of sp³-hybridized carbons (Fsp3) is 0.571. The first-order chi connectivity index (χ1) is 9.74. The van der Waals surface area contributed by atoms with Gasteiger partial charge in [-0.3, -0.25) is 0 Å². The maximum Gasteiger partial charge on any atom is 0.180 e. The van der Waals surface area contributed by atoms with Gasteiger partial charge in [-0.2, -0.15) is 0 Å². The molecular formula is C14H23N5O. The third-order valence-electron chi connectivity index (χ3n) is 2.89. The fourth-order valence-corrected chi connectivity index (χ4v) is 1.94. The number of nitrogens with one attached hydrogen (secondary N) is 2. The van der Waals surface area contributed by atoms with Crippen LogP contribution in [0.4, 0.5) is 11.6 Å². The third kappa shape index (κ3) is 3.60. The van der Waals surface area contributed by atoms with Gasteiger partial charge in [0.25, 0.3) is 0 Å². The molecule has 0 aliphatic rings. The summed E-state index contributed by atoms with van der Waals surface area (Å²) in [5.74, 6) is 1.63. The van der Waals surface area contributed by atoms with E-state index in [1.807, 2.05) is 23.7 Å². The highest BCUT2D eigenvalue weighted by Crippen LogP contribution is 2.17. The zero-order chi connectivity index (χ0) is 14.4. The first-order valence-electron chi connectivity index (χ1n) is 7.16. The van der Waals surface area contributed by atoms with Crippen LogP contribution in [0.15, 0.2) is 18.6 Å². The van der Waals surface area contributed by atoms with E-state index >= 15 is 0 Å². The molecule has 0 aliphatic heterocycles. The standard InChI is InChI=1S/C14H23N5O/c1-4-6-15-12-9-19-8-7-16-14(19)13(18-12)17-11(3)10-20-5-2/h7-9,11,15H,4-6,10H2,1-3H3,(H,17,18). The Morgan fingerprint density at radius 3 is 3.00 bits per heavy atom. The van der Waals surface area contributed by atoms with E-state index in [4.69, 9.17) is 4.74 Å². The van der Waals surface area contributed by atoms with Gasteiger partial charge in [0.15, 0.2) is 11.5 Å². The molecule has 0 radical (unpaired) electrons. The number of anilines is 2. The fourth-order valence-electron chi connectivity index (χ4n) is 1.94. The number of hydrogen-bond acceptors (Lipinski definition) is 5. The van der Waals surface area contributed by atoms with Gasteiger partial charge in [0, 0.05) is 31.6 Å². The molecule has 1 unspecified atom stereocenters. The van der Waals surface area contributed by atoms with Gasteiger partial charge in [0.05, 0.1) is 12.8 Å². The molecule has 110 valence electrons. The van der Waals surface area contributed by atoms with Crippen molar-refractivity contribution in [1.82, 2.24) is 14.4 Å². The summed E-state index contributed by atoms with van der Waals surface area (Å²) >= 11 is 0.